The first-order chi connectivity index (χ1) is 8.81. The number of hydrogen-bond acceptors (Lipinski definition) is 2. The van der Waals surface area contributed by atoms with Crippen LogP contribution in [0.4, 0.5) is 5.69 Å². The summed E-state index contributed by atoms with van der Waals surface area (Å²) in [6, 6.07) is 6.28. The van der Waals surface area contributed by atoms with E-state index >= 15 is 0 Å². The second kappa shape index (κ2) is 7.01. The number of piperidine rings is 1. The Morgan fingerprint density at radius 3 is 2.72 bits per heavy atom. The number of anilines is 1. The molecule has 0 amide bonds. The van der Waals surface area contributed by atoms with Crippen molar-refractivity contribution in [2.45, 2.75) is 39.2 Å². The van der Waals surface area contributed by atoms with E-state index in [9.17, 15) is 0 Å². The normalized spacial score (nSPS) is 16.0. The lowest BCUT2D eigenvalue weighted by atomic mass is 10.1. The average molecular weight is 267 g/mol. The molecule has 0 bridgehead atoms. The van der Waals surface area contributed by atoms with E-state index < -0.39 is 0 Å². The van der Waals surface area contributed by atoms with Crippen LogP contribution in [0.5, 0.6) is 0 Å². The molecular weight excluding hydrogens is 244 g/mol. The summed E-state index contributed by atoms with van der Waals surface area (Å²) >= 11 is 6.15. The zero-order chi connectivity index (χ0) is 12.8. The Kier molecular flexibility index (Phi) is 5.33. The number of hydrogen-bond donors (Lipinski definition) is 1. The van der Waals surface area contributed by atoms with Gasteiger partial charge in [0, 0.05) is 30.3 Å². The molecule has 0 radical (unpaired) electrons. The first-order valence-electron chi connectivity index (χ1n) is 7.05. The Labute approximate surface area is 115 Å². The van der Waals surface area contributed by atoms with Crippen LogP contribution in [0.1, 0.15) is 38.2 Å². The third-order valence-corrected chi connectivity index (χ3v) is 3.72. The zero-order valence-corrected chi connectivity index (χ0v) is 12.0. The fraction of sp³-hybridized carbons (Fsp3) is 0.600. The molecule has 1 aliphatic rings. The van der Waals surface area contributed by atoms with Crippen LogP contribution in [0.3, 0.4) is 0 Å². The highest BCUT2D eigenvalue weighted by Crippen LogP contribution is 2.27. The van der Waals surface area contributed by atoms with Crippen molar-refractivity contribution in [1.82, 2.24) is 5.32 Å². The van der Waals surface area contributed by atoms with Gasteiger partial charge in [-0.3, -0.25) is 0 Å². The topological polar surface area (TPSA) is 15.3 Å². The van der Waals surface area contributed by atoms with Gasteiger partial charge in [0.2, 0.25) is 0 Å². The maximum Gasteiger partial charge on any atom is 0.0426 e. The minimum absolute atomic E-state index is 0.842. The van der Waals surface area contributed by atoms with Crippen molar-refractivity contribution in [3.8, 4) is 0 Å². The molecule has 1 aromatic rings. The van der Waals surface area contributed by atoms with E-state index in [0.717, 1.165) is 18.1 Å². The zero-order valence-electron chi connectivity index (χ0n) is 11.2. The molecule has 1 heterocycles. The molecule has 0 saturated carbocycles. The van der Waals surface area contributed by atoms with Gasteiger partial charge in [-0.15, -0.1) is 0 Å². The van der Waals surface area contributed by atoms with E-state index in [1.807, 2.05) is 6.07 Å². The smallest absolute Gasteiger partial charge is 0.0426 e. The van der Waals surface area contributed by atoms with Crippen molar-refractivity contribution in [1.29, 1.82) is 0 Å². The van der Waals surface area contributed by atoms with Crippen molar-refractivity contribution >= 4 is 17.3 Å². The maximum absolute atomic E-state index is 6.15. The van der Waals surface area contributed by atoms with Gasteiger partial charge in [0.1, 0.15) is 0 Å². The summed E-state index contributed by atoms with van der Waals surface area (Å²) in [7, 11) is 0. The fourth-order valence-corrected chi connectivity index (χ4v) is 2.68. The fourth-order valence-electron chi connectivity index (χ4n) is 2.52. The molecule has 1 aliphatic heterocycles. The number of nitrogens with one attached hydrogen (secondary N) is 1. The second-order valence-corrected chi connectivity index (χ2v) is 5.43. The molecule has 0 atom stereocenters. The Hall–Kier alpha value is -0.730. The molecule has 1 N–H and O–H groups in total. The average Bonchev–Trinajstić information content (AvgIpc) is 2.41. The van der Waals surface area contributed by atoms with Gasteiger partial charge >= 0.3 is 0 Å². The predicted octanol–water partition coefficient (Wildman–Crippen LogP) is 3.83. The van der Waals surface area contributed by atoms with Crippen LogP contribution in [0.15, 0.2) is 18.2 Å². The highest BCUT2D eigenvalue weighted by atomic mass is 35.5. The van der Waals surface area contributed by atoms with Crippen molar-refractivity contribution in [3.05, 3.63) is 28.8 Å². The molecule has 3 heteroatoms. The highest BCUT2D eigenvalue weighted by molar-refractivity contribution is 6.30. The second-order valence-electron chi connectivity index (χ2n) is 5.00. The molecule has 0 aromatic heterocycles. The van der Waals surface area contributed by atoms with Gasteiger partial charge in [0.05, 0.1) is 0 Å². The van der Waals surface area contributed by atoms with Crippen LogP contribution in [-0.4, -0.2) is 19.6 Å². The van der Waals surface area contributed by atoms with E-state index in [-0.39, 0.29) is 0 Å². The van der Waals surface area contributed by atoms with Crippen molar-refractivity contribution in [3.63, 3.8) is 0 Å². The minimum atomic E-state index is 0.842. The van der Waals surface area contributed by atoms with Crippen LogP contribution in [-0.2, 0) is 6.54 Å². The first-order valence-corrected chi connectivity index (χ1v) is 7.43. The number of benzene rings is 1. The van der Waals surface area contributed by atoms with E-state index in [4.69, 9.17) is 11.6 Å². The molecule has 1 saturated heterocycles. The first kappa shape index (κ1) is 13.7. The van der Waals surface area contributed by atoms with Crippen molar-refractivity contribution in [2.24, 2.45) is 0 Å². The van der Waals surface area contributed by atoms with E-state index in [2.05, 4.69) is 29.3 Å². The number of nitrogens with zero attached hydrogens (tertiary/aromatic N) is 1. The van der Waals surface area contributed by atoms with Gasteiger partial charge in [-0.1, -0.05) is 24.6 Å². The summed E-state index contributed by atoms with van der Waals surface area (Å²) in [6.45, 7) is 6.54. The Bertz CT molecular complexity index is 373. The predicted molar refractivity (Wildman–Crippen MR) is 79.5 cm³/mol. The molecule has 1 fully saturated rings. The van der Waals surface area contributed by atoms with Crippen LogP contribution in [0.25, 0.3) is 0 Å². The Morgan fingerprint density at radius 2 is 2.00 bits per heavy atom. The molecule has 100 valence electrons. The molecule has 2 rings (SSSR count). The Morgan fingerprint density at radius 1 is 1.22 bits per heavy atom. The van der Waals surface area contributed by atoms with E-state index in [1.54, 1.807) is 0 Å². The standard InChI is InChI=1S/C15H23ClN2/c1-2-8-17-12-13-6-7-14(16)11-15(13)18-9-4-3-5-10-18/h6-7,11,17H,2-5,8-10,12H2,1H3. The van der Waals surface area contributed by atoms with E-state index in [0.29, 0.717) is 0 Å². The molecule has 0 aliphatic carbocycles. The molecule has 0 unspecified atom stereocenters. The summed E-state index contributed by atoms with van der Waals surface area (Å²) in [5.74, 6) is 0. The quantitative estimate of drug-likeness (QED) is 0.815. The molecule has 0 spiro atoms. The van der Waals surface area contributed by atoms with Crippen LogP contribution in [0, 0.1) is 0 Å². The lowest BCUT2D eigenvalue weighted by Gasteiger charge is -2.31. The molecule has 18 heavy (non-hydrogen) atoms. The largest absolute Gasteiger partial charge is 0.371 e. The van der Waals surface area contributed by atoms with Crippen molar-refractivity contribution in [2.75, 3.05) is 24.5 Å². The van der Waals surface area contributed by atoms with E-state index in [1.165, 1.54) is 50.0 Å². The summed E-state index contributed by atoms with van der Waals surface area (Å²) < 4.78 is 0. The summed E-state index contributed by atoms with van der Waals surface area (Å²) in [6.07, 6.45) is 5.13. The summed E-state index contributed by atoms with van der Waals surface area (Å²) in [5.41, 5.74) is 2.69. The number of rotatable bonds is 5. The molecule has 2 nitrogen and oxygen atoms in total. The third kappa shape index (κ3) is 3.63. The van der Waals surface area contributed by atoms with Gasteiger partial charge < -0.3 is 10.2 Å². The minimum Gasteiger partial charge on any atom is -0.371 e. The van der Waals surface area contributed by atoms with Crippen LogP contribution < -0.4 is 10.2 Å². The van der Waals surface area contributed by atoms with Gasteiger partial charge in [0.15, 0.2) is 0 Å². The van der Waals surface area contributed by atoms with Crippen molar-refractivity contribution < 1.29 is 0 Å². The SMILES string of the molecule is CCCNCc1ccc(Cl)cc1N1CCCCC1. The lowest BCUT2D eigenvalue weighted by molar-refractivity contribution is 0.574. The van der Waals surface area contributed by atoms with Gasteiger partial charge in [-0.2, -0.15) is 0 Å². The van der Waals surface area contributed by atoms with Crippen LogP contribution in [0.2, 0.25) is 5.02 Å². The monoisotopic (exact) mass is 266 g/mol. The maximum atomic E-state index is 6.15. The molecule has 1 aromatic carbocycles. The third-order valence-electron chi connectivity index (χ3n) is 3.49. The number of halogens is 1. The summed E-state index contributed by atoms with van der Waals surface area (Å²) in [4.78, 5) is 2.48. The van der Waals surface area contributed by atoms with Gasteiger partial charge in [-0.05, 0) is 49.9 Å². The lowest BCUT2D eigenvalue weighted by Crippen LogP contribution is -2.31. The van der Waals surface area contributed by atoms with Crippen LogP contribution >= 0.6 is 11.6 Å². The van der Waals surface area contributed by atoms with Gasteiger partial charge in [-0.25, -0.2) is 0 Å². The summed E-state index contributed by atoms with van der Waals surface area (Å²) in [5, 5.41) is 4.32. The Balaban J connectivity index is 2.11. The molecular formula is C15H23ClN2. The van der Waals surface area contributed by atoms with Gasteiger partial charge in [0.25, 0.3) is 0 Å². The highest BCUT2D eigenvalue weighted by Gasteiger charge is 2.14.